The third kappa shape index (κ3) is 7.08. The van der Waals surface area contributed by atoms with Crippen molar-refractivity contribution in [2.24, 2.45) is 5.16 Å². The van der Waals surface area contributed by atoms with Gasteiger partial charge in [-0.2, -0.15) is 0 Å². The zero-order valence-corrected chi connectivity index (χ0v) is 15.9. The topological polar surface area (TPSA) is 59.9 Å². The summed E-state index contributed by atoms with van der Waals surface area (Å²) in [6, 6.07) is 16.5. The standard InChI is InChI=1S/C16H16N2O3.2C2H6/c1-17-16(19)15(18-20-2)13-10-6-7-11-14(13)21-12-8-4-3-5-9-12;2*1-2/h3-11H,1-2H3,(H,17,19);2*1-2H3/b18-15-;;. The summed E-state index contributed by atoms with van der Waals surface area (Å²) in [7, 11) is 2.93. The van der Waals surface area contributed by atoms with Gasteiger partial charge in [0.2, 0.25) is 0 Å². The predicted molar refractivity (Wildman–Crippen MR) is 103 cm³/mol. The maximum absolute atomic E-state index is 11.9. The number of hydrogen-bond donors (Lipinski definition) is 1. The van der Waals surface area contributed by atoms with Crippen LogP contribution in [0.15, 0.2) is 59.8 Å². The van der Waals surface area contributed by atoms with Crippen LogP contribution >= 0.6 is 0 Å². The molecule has 0 aliphatic carbocycles. The fourth-order valence-corrected chi connectivity index (χ4v) is 1.79. The third-order valence-electron chi connectivity index (χ3n) is 2.74. The number of nitrogens with zero attached hydrogens (tertiary/aromatic N) is 1. The molecular formula is C20H28N2O3. The molecule has 1 N–H and O–H groups in total. The van der Waals surface area contributed by atoms with Crippen molar-refractivity contribution in [2.75, 3.05) is 14.2 Å². The van der Waals surface area contributed by atoms with Crippen LogP contribution in [-0.2, 0) is 9.63 Å². The molecule has 0 aliphatic rings. The van der Waals surface area contributed by atoms with Crippen LogP contribution in [0.4, 0.5) is 0 Å². The lowest BCUT2D eigenvalue weighted by Gasteiger charge is -2.11. The summed E-state index contributed by atoms with van der Waals surface area (Å²) in [5.74, 6) is 0.864. The van der Waals surface area contributed by atoms with E-state index in [1.165, 1.54) is 14.2 Å². The Balaban J connectivity index is 0.00000134. The Bertz CT molecular complexity index is 640. The van der Waals surface area contributed by atoms with Crippen LogP contribution in [0.2, 0.25) is 0 Å². The molecule has 0 saturated heterocycles. The summed E-state index contributed by atoms with van der Waals surface area (Å²) in [5.41, 5.74) is 0.717. The molecule has 0 aromatic heterocycles. The molecule has 0 saturated carbocycles. The zero-order chi connectivity index (χ0) is 19.1. The molecule has 0 fully saturated rings. The third-order valence-corrected chi connectivity index (χ3v) is 2.74. The Kier molecular flexibility index (Phi) is 12.1. The molecule has 2 aromatic rings. The molecule has 0 heterocycles. The van der Waals surface area contributed by atoms with E-state index in [2.05, 4.69) is 10.5 Å². The van der Waals surface area contributed by atoms with E-state index < -0.39 is 0 Å². The van der Waals surface area contributed by atoms with Crippen molar-refractivity contribution >= 4 is 11.6 Å². The minimum Gasteiger partial charge on any atom is -0.457 e. The van der Waals surface area contributed by atoms with Gasteiger partial charge in [0.1, 0.15) is 18.6 Å². The van der Waals surface area contributed by atoms with Crippen LogP contribution in [0.1, 0.15) is 33.3 Å². The lowest BCUT2D eigenvalue weighted by Crippen LogP contribution is -2.28. The molecule has 2 aromatic carbocycles. The molecule has 5 nitrogen and oxygen atoms in total. The van der Waals surface area contributed by atoms with E-state index in [0.29, 0.717) is 17.1 Å². The average molecular weight is 344 g/mol. The van der Waals surface area contributed by atoms with Crippen LogP contribution in [0.3, 0.4) is 0 Å². The normalized spacial score (nSPS) is 9.60. The fraction of sp³-hybridized carbons (Fsp3) is 0.300. The molecule has 0 aliphatic heterocycles. The second-order valence-electron chi connectivity index (χ2n) is 4.11. The van der Waals surface area contributed by atoms with Gasteiger partial charge < -0.3 is 14.9 Å². The number of ether oxygens (including phenoxy) is 1. The number of amides is 1. The van der Waals surface area contributed by atoms with E-state index in [1.807, 2.05) is 64.1 Å². The van der Waals surface area contributed by atoms with Gasteiger partial charge in [0.25, 0.3) is 5.91 Å². The van der Waals surface area contributed by atoms with Crippen LogP contribution < -0.4 is 10.1 Å². The molecule has 1 amide bonds. The Morgan fingerprint density at radius 1 is 0.920 bits per heavy atom. The van der Waals surface area contributed by atoms with Crippen molar-refractivity contribution in [1.82, 2.24) is 5.32 Å². The van der Waals surface area contributed by atoms with E-state index in [-0.39, 0.29) is 11.6 Å². The molecule has 136 valence electrons. The summed E-state index contributed by atoms with van der Waals surface area (Å²) in [6.45, 7) is 8.00. The first-order chi connectivity index (χ1) is 12.3. The molecule has 0 radical (unpaired) electrons. The van der Waals surface area contributed by atoms with E-state index in [4.69, 9.17) is 9.57 Å². The minimum absolute atomic E-state index is 0.159. The Morgan fingerprint density at radius 2 is 1.48 bits per heavy atom. The van der Waals surface area contributed by atoms with E-state index in [9.17, 15) is 4.79 Å². The summed E-state index contributed by atoms with van der Waals surface area (Å²) >= 11 is 0. The van der Waals surface area contributed by atoms with Crippen molar-refractivity contribution in [3.8, 4) is 11.5 Å². The molecule has 0 atom stereocenters. The number of carbonyl (C=O) groups excluding carboxylic acids is 1. The number of benzene rings is 2. The van der Waals surface area contributed by atoms with Crippen molar-refractivity contribution in [1.29, 1.82) is 0 Å². The largest absolute Gasteiger partial charge is 0.457 e. The quantitative estimate of drug-likeness (QED) is 0.635. The average Bonchev–Trinajstić information content (AvgIpc) is 2.70. The van der Waals surface area contributed by atoms with Gasteiger partial charge in [-0.15, -0.1) is 0 Å². The van der Waals surface area contributed by atoms with Crippen LogP contribution in [0.5, 0.6) is 11.5 Å². The highest BCUT2D eigenvalue weighted by Gasteiger charge is 2.18. The zero-order valence-electron chi connectivity index (χ0n) is 15.9. The molecular weight excluding hydrogens is 316 g/mol. The number of nitrogens with one attached hydrogen (secondary N) is 1. The van der Waals surface area contributed by atoms with E-state index >= 15 is 0 Å². The maximum Gasteiger partial charge on any atom is 0.273 e. The summed E-state index contributed by atoms with van der Waals surface area (Å²) in [6.07, 6.45) is 0. The molecule has 5 heteroatoms. The Morgan fingerprint density at radius 3 is 2.04 bits per heavy atom. The van der Waals surface area contributed by atoms with Gasteiger partial charge in [0, 0.05) is 7.05 Å². The Labute approximate surface area is 150 Å². The SMILES string of the molecule is CC.CC.CNC(=O)/C(=N\OC)c1ccccc1Oc1ccccc1. The number of carbonyl (C=O) groups is 1. The molecule has 0 bridgehead atoms. The smallest absolute Gasteiger partial charge is 0.273 e. The molecule has 25 heavy (non-hydrogen) atoms. The van der Waals surface area contributed by atoms with Crippen LogP contribution in [-0.4, -0.2) is 25.8 Å². The van der Waals surface area contributed by atoms with Crippen molar-refractivity contribution < 1.29 is 14.4 Å². The summed E-state index contributed by atoms with van der Waals surface area (Å²) < 4.78 is 5.82. The van der Waals surface area contributed by atoms with Crippen molar-refractivity contribution in [3.05, 3.63) is 60.2 Å². The second kappa shape index (κ2) is 13.6. The lowest BCUT2D eigenvalue weighted by molar-refractivity contribution is -0.114. The first kappa shape index (κ1) is 22.2. The first-order valence-electron chi connectivity index (χ1n) is 8.41. The number of rotatable bonds is 5. The summed E-state index contributed by atoms with van der Waals surface area (Å²) in [5, 5.41) is 6.33. The second-order valence-corrected chi connectivity index (χ2v) is 4.11. The van der Waals surface area contributed by atoms with Gasteiger partial charge in [-0.25, -0.2) is 0 Å². The molecule has 0 unspecified atom stereocenters. The minimum atomic E-state index is -0.346. The molecule has 0 spiro atoms. The number of likely N-dealkylation sites (N-methyl/N-ethyl adjacent to an activating group) is 1. The predicted octanol–water partition coefficient (Wildman–Crippen LogP) is 4.63. The van der Waals surface area contributed by atoms with Crippen molar-refractivity contribution in [2.45, 2.75) is 27.7 Å². The Hall–Kier alpha value is -2.82. The van der Waals surface area contributed by atoms with Gasteiger partial charge in [0.15, 0.2) is 5.71 Å². The van der Waals surface area contributed by atoms with Gasteiger partial charge in [0.05, 0.1) is 5.56 Å². The summed E-state index contributed by atoms with van der Waals surface area (Å²) in [4.78, 5) is 16.7. The van der Waals surface area contributed by atoms with Gasteiger partial charge in [-0.05, 0) is 24.3 Å². The molecule has 2 rings (SSSR count). The highest BCUT2D eigenvalue weighted by molar-refractivity contribution is 6.45. The number of oxime groups is 1. The van der Waals surface area contributed by atoms with Gasteiger partial charge in [-0.3, -0.25) is 4.79 Å². The lowest BCUT2D eigenvalue weighted by atomic mass is 10.1. The highest BCUT2D eigenvalue weighted by Crippen LogP contribution is 2.25. The van der Waals surface area contributed by atoms with E-state index in [0.717, 1.165) is 0 Å². The fourth-order valence-electron chi connectivity index (χ4n) is 1.79. The van der Waals surface area contributed by atoms with E-state index in [1.54, 1.807) is 18.2 Å². The van der Waals surface area contributed by atoms with Gasteiger partial charge >= 0.3 is 0 Å². The van der Waals surface area contributed by atoms with Crippen LogP contribution in [0.25, 0.3) is 0 Å². The monoisotopic (exact) mass is 344 g/mol. The number of para-hydroxylation sites is 2. The maximum atomic E-state index is 11.9. The van der Waals surface area contributed by atoms with Crippen LogP contribution in [0, 0.1) is 0 Å². The number of hydrogen-bond acceptors (Lipinski definition) is 4. The first-order valence-corrected chi connectivity index (χ1v) is 8.41. The highest BCUT2D eigenvalue weighted by atomic mass is 16.6. The van der Waals surface area contributed by atoms with Gasteiger partial charge in [-0.1, -0.05) is 63.2 Å². The van der Waals surface area contributed by atoms with Crippen molar-refractivity contribution in [3.63, 3.8) is 0 Å².